The van der Waals surface area contributed by atoms with Gasteiger partial charge < -0.3 is 15.5 Å². The number of anilines is 1. The van der Waals surface area contributed by atoms with Gasteiger partial charge in [-0.3, -0.25) is 4.98 Å². The summed E-state index contributed by atoms with van der Waals surface area (Å²) >= 11 is 0. The van der Waals surface area contributed by atoms with Crippen LogP contribution in [0.1, 0.15) is 43.2 Å². The number of aliphatic hydroxyl groups excluding tert-OH is 1. The topological polar surface area (TPSA) is 91.2 Å². The van der Waals surface area contributed by atoms with Crippen LogP contribution in [0.4, 0.5) is 5.82 Å². The fourth-order valence-electron chi connectivity index (χ4n) is 4.60. The van der Waals surface area contributed by atoms with Gasteiger partial charge in [-0.25, -0.2) is 0 Å². The van der Waals surface area contributed by atoms with Crippen LogP contribution in [-0.4, -0.2) is 37.5 Å². The summed E-state index contributed by atoms with van der Waals surface area (Å²) in [6.07, 6.45) is 10.0. The lowest BCUT2D eigenvalue weighted by Gasteiger charge is -2.29. The third-order valence-corrected chi connectivity index (χ3v) is 6.14. The summed E-state index contributed by atoms with van der Waals surface area (Å²) < 4.78 is 0. The number of hydrogen-bond acceptors (Lipinski definition) is 6. The molecule has 2 aromatic heterocycles. The third-order valence-electron chi connectivity index (χ3n) is 6.14. The molecule has 0 radical (unpaired) electrons. The normalized spacial score (nSPS) is 21.6. The van der Waals surface area contributed by atoms with Gasteiger partial charge in [-0.2, -0.15) is 0 Å². The number of hydrogen-bond donors (Lipinski definition) is 3. The van der Waals surface area contributed by atoms with Gasteiger partial charge in [0.25, 0.3) is 0 Å². The van der Waals surface area contributed by atoms with Crippen molar-refractivity contribution in [3.8, 4) is 17.0 Å². The van der Waals surface area contributed by atoms with Crippen molar-refractivity contribution in [2.75, 3.05) is 5.32 Å². The molecule has 3 N–H and O–H groups in total. The van der Waals surface area contributed by atoms with Gasteiger partial charge in [0, 0.05) is 28.7 Å². The van der Waals surface area contributed by atoms with Crippen LogP contribution < -0.4 is 5.32 Å². The molecule has 2 aliphatic carbocycles. The summed E-state index contributed by atoms with van der Waals surface area (Å²) in [6, 6.07) is 5.93. The molecule has 0 unspecified atom stereocenters. The highest BCUT2D eigenvalue weighted by atomic mass is 16.3. The Morgan fingerprint density at radius 3 is 2.75 bits per heavy atom. The minimum absolute atomic E-state index is 0.0225. The van der Waals surface area contributed by atoms with E-state index >= 15 is 0 Å². The lowest BCUT2D eigenvalue weighted by molar-refractivity contribution is 0.116. The van der Waals surface area contributed by atoms with Gasteiger partial charge in [0.15, 0.2) is 5.82 Å². The maximum atomic E-state index is 10.9. The van der Waals surface area contributed by atoms with Crippen molar-refractivity contribution >= 4 is 16.6 Å². The molecule has 6 heteroatoms. The number of aliphatic hydroxyl groups is 1. The maximum absolute atomic E-state index is 10.9. The maximum Gasteiger partial charge on any atom is 0.158 e. The molecule has 144 valence electrons. The second kappa shape index (κ2) is 7.02. The Hall–Kier alpha value is -2.73. The van der Waals surface area contributed by atoms with Gasteiger partial charge in [0.1, 0.15) is 11.4 Å². The van der Waals surface area contributed by atoms with Crippen molar-refractivity contribution in [2.45, 2.75) is 57.1 Å². The fourth-order valence-corrected chi connectivity index (χ4v) is 4.60. The summed E-state index contributed by atoms with van der Waals surface area (Å²) in [5, 5.41) is 35.2. The number of fused-ring (bicyclic) bond motifs is 2. The van der Waals surface area contributed by atoms with E-state index in [0.717, 1.165) is 61.3 Å². The molecule has 0 bridgehead atoms. The number of nitrogens with one attached hydrogen (secondary N) is 1. The Bertz CT molecular complexity index is 1040. The Kier molecular flexibility index (Phi) is 4.36. The molecule has 2 aliphatic rings. The summed E-state index contributed by atoms with van der Waals surface area (Å²) in [7, 11) is 0. The molecule has 3 aromatic rings. The summed E-state index contributed by atoms with van der Waals surface area (Å²) in [6.45, 7) is 0. The number of rotatable bonds is 3. The van der Waals surface area contributed by atoms with E-state index in [1.807, 2.05) is 12.1 Å². The smallest absolute Gasteiger partial charge is 0.158 e. The highest BCUT2D eigenvalue weighted by molar-refractivity contribution is 6.00. The summed E-state index contributed by atoms with van der Waals surface area (Å²) in [5.41, 5.74) is 3.65. The molecule has 0 saturated heterocycles. The average molecular weight is 376 g/mol. The summed E-state index contributed by atoms with van der Waals surface area (Å²) in [4.78, 5) is 4.27. The van der Waals surface area contributed by atoms with Gasteiger partial charge in [-0.05, 0) is 55.4 Å². The quantitative estimate of drug-likeness (QED) is 0.647. The second-order valence-corrected chi connectivity index (χ2v) is 7.87. The molecule has 0 amide bonds. The highest BCUT2D eigenvalue weighted by Crippen LogP contribution is 2.40. The third kappa shape index (κ3) is 2.88. The molecule has 1 fully saturated rings. The Labute approximate surface area is 163 Å². The first-order chi connectivity index (χ1) is 13.7. The zero-order valence-electron chi connectivity index (χ0n) is 15.7. The van der Waals surface area contributed by atoms with Crippen LogP contribution in [0, 0.1) is 0 Å². The van der Waals surface area contributed by atoms with Gasteiger partial charge in [-0.15, -0.1) is 10.2 Å². The molecule has 0 spiro atoms. The first-order valence-corrected chi connectivity index (χ1v) is 10.1. The summed E-state index contributed by atoms with van der Waals surface area (Å²) in [5.74, 6) is 0.962. The monoisotopic (exact) mass is 376 g/mol. The van der Waals surface area contributed by atoms with Crippen LogP contribution in [0.5, 0.6) is 5.75 Å². The van der Waals surface area contributed by atoms with Gasteiger partial charge >= 0.3 is 0 Å². The Morgan fingerprint density at radius 1 is 0.964 bits per heavy atom. The Balaban J connectivity index is 1.59. The van der Waals surface area contributed by atoms with Gasteiger partial charge in [0.05, 0.1) is 12.1 Å². The molecule has 1 aromatic carbocycles. The van der Waals surface area contributed by atoms with Gasteiger partial charge in [-0.1, -0.05) is 18.9 Å². The fraction of sp³-hybridized carbons (Fsp3) is 0.409. The minimum Gasteiger partial charge on any atom is -0.507 e. The zero-order chi connectivity index (χ0) is 19.1. The number of benzene rings is 1. The van der Waals surface area contributed by atoms with Crippen LogP contribution in [0.15, 0.2) is 30.6 Å². The Morgan fingerprint density at radius 2 is 1.86 bits per heavy atom. The minimum atomic E-state index is -0.372. The highest BCUT2D eigenvalue weighted by Gasteiger charge is 2.25. The number of phenols is 1. The van der Waals surface area contributed by atoms with Crippen LogP contribution in [0.25, 0.3) is 22.0 Å². The number of phenolic OH excluding ortho intramolecular Hbond substituents is 1. The number of pyridine rings is 1. The molecule has 2 atom stereocenters. The number of aryl methyl sites for hydroxylation is 1. The largest absolute Gasteiger partial charge is 0.507 e. The predicted octanol–water partition coefficient (Wildman–Crippen LogP) is 3.60. The van der Waals surface area contributed by atoms with Crippen LogP contribution in [0.2, 0.25) is 0 Å². The van der Waals surface area contributed by atoms with Crippen LogP contribution in [-0.2, 0) is 12.8 Å². The molecule has 0 aliphatic heterocycles. The van der Waals surface area contributed by atoms with Crippen molar-refractivity contribution in [3.05, 3.63) is 41.7 Å². The standard InChI is InChI=1S/C22H24N4O2/c27-19-7-2-1-6-18(19)24-22-17-12-23-11-10-15(17)20(25-26-22)16-9-8-13-4-3-5-14(13)21(16)28/h8-12,18-19,27-28H,1-7H2,(H,24,26)/t18-,19-/m1/s1. The molecule has 28 heavy (non-hydrogen) atoms. The van der Waals surface area contributed by atoms with E-state index in [4.69, 9.17) is 0 Å². The zero-order valence-corrected chi connectivity index (χ0v) is 15.7. The number of aromatic hydroxyl groups is 1. The van der Waals surface area contributed by atoms with Gasteiger partial charge in [0.2, 0.25) is 0 Å². The SMILES string of the molecule is Oc1c(-c2nnc(N[C@@H]3CCCC[C@H]3O)c3cnccc23)ccc2c1CCC2. The van der Waals surface area contributed by atoms with Crippen LogP contribution >= 0.6 is 0 Å². The average Bonchev–Trinajstić information content (AvgIpc) is 3.20. The van der Waals surface area contributed by atoms with E-state index in [2.05, 4.69) is 26.6 Å². The molecule has 1 saturated carbocycles. The van der Waals surface area contributed by atoms with Crippen LogP contribution in [0.3, 0.4) is 0 Å². The number of nitrogens with zero attached hydrogens (tertiary/aromatic N) is 3. The van der Waals surface area contributed by atoms with E-state index in [1.54, 1.807) is 12.4 Å². The molecule has 5 rings (SSSR count). The molecule has 2 heterocycles. The van der Waals surface area contributed by atoms with Crippen molar-refractivity contribution in [3.63, 3.8) is 0 Å². The van der Waals surface area contributed by atoms with Crippen molar-refractivity contribution in [1.82, 2.24) is 15.2 Å². The first-order valence-electron chi connectivity index (χ1n) is 10.1. The molecular formula is C22H24N4O2. The molecule has 6 nitrogen and oxygen atoms in total. The van der Waals surface area contributed by atoms with Crippen molar-refractivity contribution in [1.29, 1.82) is 0 Å². The van der Waals surface area contributed by atoms with E-state index in [0.29, 0.717) is 22.8 Å². The second-order valence-electron chi connectivity index (χ2n) is 7.87. The first kappa shape index (κ1) is 17.4. The molecular weight excluding hydrogens is 352 g/mol. The van der Waals surface area contributed by atoms with Crippen molar-refractivity contribution in [2.24, 2.45) is 0 Å². The lowest BCUT2D eigenvalue weighted by atomic mass is 9.92. The van der Waals surface area contributed by atoms with Crippen molar-refractivity contribution < 1.29 is 10.2 Å². The van der Waals surface area contributed by atoms with E-state index in [-0.39, 0.29) is 12.1 Å². The predicted molar refractivity (Wildman–Crippen MR) is 108 cm³/mol. The lowest BCUT2D eigenvalue weighted by Crippen LogP contribution is -2.36. The van der Waals surface area contributed by atoms with E-state index in [1.165, 1.54) is 5.56 Å². The van der Waals surface area contributed by atoms with E-state index in [9.17, 15) is 10.2 Å². The van der Waals surface area contributed by atoms with E-state index < -0.39 is 0 Å². The number of aromatic nitrogens is 3.